The van der Waals surface area contributed by atoms with Gasteiger partial charge >= 0.3 is 0 Å². The number of hydrogen-bond acceptors (Lipinski definition) is 6. The van der Waals surface area contributed by atoms with E-state index in [0.717, 1.165) is 62.9 Å². The Balaban J connectivity index is 1.11. The maximum absolute atomic E-state index is 13.0. The summed E-state index contributed by atoms with van der Waals surface area (Å²) >= 11 is 0. The van der Waals surface area contributed by atoms with Crippen LogP contribution in [0.2, 0.25) is 0 Å². The van der Waals surface area contributed by atoms with Gasteiger partial charge in [0.25, 0.3) is 0 Å². The van der Waals surface area contributed by atoms with Gasteiger partial charge in [-0.05, 0) is 47.9 Å². The van der Waals surface area contributed by atoms with Crippen LogP contribution in [-0.2, 0) is 22.6 Å². The average Bonchev–Trinajstić information content (AvgIpc) is 3.61. The van der Waals surface area contributed by atoms with E-state index in [1.165, 1.54) is 5.56 Å². The molecule has 3 aromatic rings. The van der Waals surface area contributed by atoms with Crippen molar-refractivity contribution in [3.05, 3.63) is 72.2 Å². The molecule has 176 valence electrons. The van der Waals surface area contributed by atoms with Gasteiger partial charge < -0.3 is 14.5 Å². The standard InChI is InChI=1S/C26H30N6O2/c33-26-17-24-23(31(26)19-20-2-4-22(5-3-20)32-10-1-8-28-32)7-11-30(24)18-21-6-9-27-25(16-21)29-12-14-34-15-13-29/h1-6,8-10,16,23-24H,7,11-15,17-19H2/t23-,24-/m0/s1. The second-order valence-corrected chi connectivity index (χ2v) is 9.36. The molecule has 0 saturated carbocycles. The quantitative estimate of drug-likeness (QED) is 0.566. The third kappa shape index (κ3) is 4.19. The summed E-state index contributed by atoms with van der Waals surface area (Å²) in [6.45, 7) is 5.84. The Labute approximate surface area is 199 Å². The molecule has 34 heavy (non-hydrogen) atoms. The molecular weight excluding hydrogens is 428 g/mol. The lowest BCUT2D eigenvalue weighted by Gasteiger charge is -2.29. The van der Waals surface area contributed by atoms with Gasteiger partial charge in [-0.25, -0.2) is 9.67 Å². The summed E-state index contributed by atoms with van der Waals surface area (Å²) in [5.41, 5.74) is 3.45. The Kier molecular flexibility index (Phi) is 5.76. The summed E-state index contributed by atoms with van der Waals surface area (Å²) in [4.78, 5) is 24.4. The molecule has 1 aromatic carbocycles. The van der Waals surface area contributed by atoms with E-state index < -0.39 is 0 Å². The van der Waals surface area contributed by atoms with Gasteiger partial charge in [0.1, 0.15) is 5.82 Å². The Morgan fingerprint density at radius 2 is 1.79 bits per heavy atom. The van der Waals surface area contributed by atoms with E-state index in [1.807, 2.05) is 23.1 Å². The summed E-state index contributed by atoms with van der Waals surface area (Å²) in [5.74, 6) is 1.29. The van der Waals surface area contributed by atoms with Gasteiger partial charge in [-0.1, -0.05) is 12.1 Å². The van der Waals surface area contributed by atoms with Gasteiger partial charge in [0, 0.05) is 69.8 Å². The van der Waals surface area contributed by atoms with E-state index in [-0.39, 0.29) is 11.9 Å². The number of pyridine rings is 1. The van der Waals surface area contributed by atoms with Crippen molar-refractivity contribution in [3.8, 4) is 5.69 Å². The Hall–Kier alpha value is -3.23. The van der Waals surface area contributed by atoms with Crippen LogP contribution in [0.15, 0.2) is 61.1 Å². The number of hydrogen-bond donors (Lipinski definition) is 0. The van der Waals surface area contributed by atoms with E-state index in [1.54, 1.807) is 6.20 Å². The lowest BCUT2D eigenvalue weighted by atomic mass is 10.1. The maximum Gasteiger partial charge on any atom is 0.224 e. The summed E-state index contributed by atoms with van der Waals surface area (Å²) in [6.07, 6.45) is 7.26. The smallest absolute Gasteiger partial charge is 0.224 e. The molecule has 2 aromatic heterocycles. The van der Waals surface area contributed by atoms with Crippen LogP contribution in [-0.4, -0.2) is 75.4 Å². The van der Waals surface area contributed by atoms with Crippen molar-refractivity contribution < 1.29 is 9.53 Å². The third-order valence-electron chi connectivity index (χ3n) is 7.32. The highest BCUT2D eigenvalue weighted by molar-refractivity contribution is 5.80. The SMILES string of the molecule is O=C1C[C@H]2[C@H](CCN2Cc2ccnc(N3CCOCC3)c2)N1Cc1ccc(-n2cccn2)cc1. The Bertz CT molecular complexity index is 1130. The maximum atomic E-state index is 13.0. The lowest BCUT2D eigenvalue weighted by Crippen LogP contribution is -2.37. The molecule has 3 saturated heterocycles. The number of morpholine rings is 1. The molecule has 0 unspecified atom stereocenters. The number of likely N-dealkylation sites (tertiary alicyclic amines) is 2. The van der Waals surface area contributed by atoms with Gasteiger partial charge in [-0.15, -0.1) is 0 Å². The average molecular weight is 459 g/mol. The Morgan fingerprint density at radius 3 is 2.59 bits per heavy atom. The molecule has 0 radical (unpaired) electrons. The van der Waals surface area contributed by atoms with Gasteiger partial charge in [-0.3, -0.25) is 9.69 Å². The molecule has 0 N–H and O–H groups in total. The molecule has 2 atom stereocenters. The normalized spacial score (nSPS) is 23.0. The van der Waals surface area contributed by atoms with E-state index in [9.17, 15) is 4.79 Å². The van der Waals surface area contributed by atoms with Crippen molar-refractivity contribution in [1.82, 2.24) is 24.6 Å². The lowest BCUT2D eigenvalue weighted by molar-refractivity contribution is -0.129. The number of ether oxygens (including phenoxy) is 1. The molecule has 8 nitrogen and oxygen atoms in total. The van der Waals surface area contributed by atoms with Crippen LogP contribution < -0.4 is 4.90 Å². The van der Waals surface area contributed by atoms with Gasteiger partial charge in [0.15, 0.2) is 0 Å². The first-order chi connectivity index (χ1) is 16.7. The molecule has 3 aliphatic heterocycles. The highest BCUT2D eigenvalue weighted by atomic mass is 16.5. The van der Waals surface area contributed by atoms with Crippen molar-refractivity contribution in [2.45, 2.75) is 38.0 Å². The largest absolute Gasteiger partial charge is 0.378 e. The minimum absolute atomic E-state index is 0.264. The fraction of sp³-hybridized carbons (Fsp3) is 0.423. The highest BCUT2D eigenvalue weighted by Gasteiger charge is 2.46. The summed E-state index contributed by atoms with van der Waals surface area (Å²) in [5, 5.41) is 4.28. The summed E-state index contributed by atoms with van der Waals surface area (Å²) in [7, 11) is 0. The number of aromatic nitrogens is 3. The number of nitrogens with zero attached hydrogens (tertiary/aromatic N) is 6. The fourth-order valence-corrected chi connectivity index (χ4v) is 5.54. The molecule has 0 aliphatic carbocycles. The van der Waals surface area contributed by atoms with Crippen molar-refractivity contribution in [3.63, 3.8) is 0 Å². The number of rotatable bonds is 6. The molecular formula is C26H30N6O2. The topological polar surface area (TPSA) is 66.7 Å². The van der Waals surface area contributed by atoms with Crippen LogP contribution in [0.3, 0.4) is 0 Å². The van der Waals surface area contributed by atoms with Gasteiger partial charge in [0.2, 0.25) is 5.91 Å². The van der Waals surface area contributed by atoms with Crippen molar-refractivity contribution in [2.75, 3.05) is 37.7 Å². The van der Waals surface area contributed by atoms with Crippen LogP contribution in [0, 0.1) is 0 Å². The van der Waals surface area contributed by atoms with E-state index in [0.29, 0.717) is 19.0 Å². The van der Waals surface area contributed by atoms with Crippen LogP contribution in [0.5, 0.6) is 0 Å². The summed E-state index contributed by atoms with van der Waals surface area (Å²) in [6, 6.07) is 15.1. The van der Waals surface area contributed by atoms with E-state index >= 15 is 0 Å². The van der Waals surface area contributed by atoms with Crippen LogP contribution in [0.4, 0.5) is 5.82 Å². The molecule has 3 fully saturated rings. The zero-order valence-corrected chi connectivity index (χ0v) is 19.3. The first kappa shape index (κ1) is 21.3. The third-order valence-corrected chi connectivity index (χ3v) is 7.32. The monoisotopic (exact) mass is 458 g/mol. The van der Waals surface area contributed by atoms with Crippen molar-refractivity contribution in [2.24, 2.45) is 0 Å². The summed E-state index contributed by atoms with van der Waals surface area (Å²) < 4.78 is 7.32. The van der Waals surface area contributed by atoms with E-state index in [2.05, 4.69) is 61.2 Å². The number of carbonyl (C=O) groups excluding carboxylic acids is 1. The minimum Gasteiger partial charge on any atom is -0.378 e. The zero-order valence-electron chi connectivity index (χ0n) is 19.3. The second-order valence-electron chi connectivity index (χ2n) is 9.36. The highest BCUT2D eigenvalue weighted by Crippen LogP contribution is 2.34. The predicted molar refractivity (Wildman–Crippen MR) is 129 cm³/mol. The molecule has 8 heteroatoms. The molecule has 0 spiro atoms. The number of fused-ring (bicyclic) bond motifs is 1. The molecule has 6 rings (SSSR count). The van der Waals surface area contributed by atoms with E-state index in [4.69, 9.17) is 4.74 Å². The minimum atomic E-state index is 0.264. The fourth-order valence-electron chi connectivity index (χ4n) is 5.54. The molecule has 3 aliphatic rings. The predicted octanol–water partition coefficient (Wildman–Crippen LogP) is 2.48. The number of benzene rings is 1. The van der Waals surface area contributed by atoms with Gasteiger partial charge in [0.05, 0.1) is 18.9 Å². The Morgan fingerprint density at radius 1 is 0.941 bits per heavy atom. The first-order valence-corrected chi connectivity index (χ1v) is 12.1. The van der Waals surface area contributed by atoms with Crippen LogP contribution in [0.25, 0.3) is 5.69 Å². The van der Waals surface area contributed by atoms with Gasteiger partial charge in [-0.2, -0.15) is 5.10 Å². The number of amides is 1. The number of carbonyl (C=O) groups is 1. The van der Waals surface area contributed by atoms with Crippen LogP contribution in [0.1, 0.15) is 24.0 Å². The first-order valence-electron chi connectivity index (χ1n) is 12.1. The zero-order chi connectivity index (χ0) is 22.9. The van der Waals surface area contributed by atoms with Crippen molar-refractivity contribution in [1.29, 1.82) is 0 Å². The molecule has 0 bridgehead atoms. The van der Waals surface area contributed by atoms with Crippen molar-refractivity contribution >= 4 is 11.7 Å². The second kappa shape index (κ2) is 9.19. The number of anilines is 1. The molecule has 5 heterocycles. The van der Waals surface area contributed by atoms with Crippen LogP contribution >= 0.6 is 0 Å². The molecule has 1 amide bonds.